The Bertz CT molecular complexity index is 797. The number of rotatable bonds is 8. The highest BCUT2D eigenvalue weighted by Gasteiger charge is 2.31. The maximum absolute atomic E-state index is 12.4. The van der Waals surface area contributed by atoms with E-state index in [1.54, 1.807) is 0 Å². The number of benzene rings is 2. The average molecular weight is 400 g/mol. The van der Waals surface area contributed by atoms with Gasteiger partial charge in [0, 0.05) is 31.2 Å². The SMILES string of the molecule is O=C(C[C@@H]1C(=O)NCCN1CCc1ccccc1)NCCc1ccccc1Cl. The average Bonchev–Trinajstić information content (AvgIpc) is 2.71. The van der Waals surface area contributed by atoms with Crippen LogP contribution in [-0.2, 0) is 22.4 Å². The zero-order valence-electron chi connectivity index (χ0n) is 15.9. The van der Waals surface area contributed by atoms with Crippen LogP contribution in [0.3, 0.4) is 0 Å². The van der Waals surface area contributed by atoms with E-state index in [4.69, 9.17) is 11.6 Å². The Balaban J connectivity index is 1.49. The summed E-state index contributed by atoms with van der Waals surface area (Å²) in [5, 5.41) is 6.50. The van der Waals surface area contributed by atoms with Crippen molar-refractivity contribution in [3.05, 3.63) is 70.7 Å². The standard InChI is InChI=1S/C22H26ClN3O2/c23-19-9-5-4-8-18(19)10-12-24-21(27)16-20-22(28)25-13-15-26(20)14-11-17-6-2-1-3-7-17/h1-9,20H,10-16H2,(H,24,27)(H,25,28)/t20-/m1/s1. The van der Waals surface area contributed by atoms with Crippen LogP contribution in [0.5, 0.6) is 0 Å². The van der Waals surface area contributed by atoms with Crippen LogP contribution in [0.4, 0.5) is 0 Å². The van der Waals surface area contributed by atoms with E-state index in [-0.39, 0.29) is 18.2 Å². The van der Waals surface area contributed by atoms with Crippen molar-refractivity contribution in [2.45, 2.75) is 25.3 Å². The Morgan fingerprint density at radius 1 is 1.11 bits per heavy atom. The van der Waals surface area contributed by atoms with E-state index < -0.39 is 6.04 Å². The van der Waals surface area contributed by atoms with Gasteiger partial charge in [0.2, 0.25) is 11.8 Å². The number of hydrogen-bond donors (Lipinski definition) is 2. The van der Waals surface area contributed by atoms with Gasteiger partial charge in [0.1, 0.15) is 0 Å². The molecule has 1 aliphatic heterocycles. The molecule has 1 fully saturated rings. The Labute approximate surface area is 171 Å². The minimum Gasteiger partial charge on any atom is -0.356 e. The summed E-state index contributed by atoms with van der Waals surface area (Å²) in [5.74, 6) is -0.181. The third-order valence-corrected chi connectivity index (χ3v) is 5.39. The predicted molar refractivity (Wildman–Crippen MR) is 111 cm³/mol. The molecular formula is C22H26ClN3O2. The molecule has 1 heterocycles. The smallest absolute Gasteiger partial charge is 0.237 e. The predicted octanol–water partition coefficient (Wildman–Crippen LogP) is 2.43. The summed E-state index contributed by atoms with van der Waals surface area (Å²) in [5.41, 5.74) is 2.24. The summed E-state index contributed by atoms with van der Waals surface area (Å²) in [6.07, 6.45) is 1.70. The van der Waals surface area contributed by atoms with Crippen molar-refractivity contribution in [2.75, 3.05) is 26.2 Å². The second kappa shape index (κ2) is 10.2. The summed E-state index contributed by atoms with van der Waals surface area (Å²) in [6, 6.07) is 17.4. The summed E-state index contributed by atoms with van der Waals surface area (Å²) < 4.78 is 0. The van der Waals surface area contributed by atoms with Crippen molar-refractivity contribution in [3.63, 3.8) is 0 Å². The van der Waals surface area contributed by atoms with Crippen LogP contribution >= 0.6 is 11.6 Å². The molecule has 1 aliphatic rings. The van der Waals surface area contributed by atoms with Crippen molar-refractivity contribution in [3.8, 4) is 0 Å². The van der Waals surface area contributed by atoms with Crippen LogP contribution in [0.25, 0.3) is 0 Å². The quantitative estimate of drug-likeness (QED) is 0.716. The summed E-state index contributed by atoms with van der Waals surface area (Å²) in [4.78, 5) is 26.9. The maximum atomic E-state index is 12.4. The first kappa shape index (κ1) is 20.4. The third-order valence-electron chi connectivity index (χ3n) is 5.03. The molecule has 3 rings (SSSR count). The lowest BCUT2D eigenvalue weighted by atomic mass is 10.1. The lowest BCUT2D eigenvalue weighted by Gasteiger charge is -2.34. The zero-order chi connectivity index (χ0) is 19.8. The van der Waals surface area contributed by atoms with Crippen molar-refractivity contribution in [2.24, 2.45) is 0 Å². The number of nitrogens with one attached hydrogen (secondary N) is 2. The van der Waals surface area contributed by atoms with Crippen LogP contribution in [-0.4, -0.2) is 48.9 Å². The molecule has 0 aliphatic carbocycles. The highest BCUT2D eigenvalue weighted by molar-refractivity contribution is 6.31. The fourth-order valence-electron chi connectivity index (χ4n) is 3.45. The Hall–Kier alpha value is -2.37. The number of piperazine rings is 1. The first-order valence-corrected chi connectivity index (χ1v) is 10.1. The van der Waals surface area contributed by atoms with Gasteiger partial charge in [-0.3, -0.25) is 14.5 Å². The lowest BCUT2D eigenvalue weighted by molar-refractivity contribution is -0.133. The van der Waals surface area contributed by atoms with Gasteiger partial charge in [0.25, 0.3) is 0 Å². The third kappa shape index (κ3) is 5.81. The van der Waals surface area contributed by atoms with Crippen LogP contribution < -0.4 is 10.6 Å². The van der Waals surface area contributed by atoms with E-state index in [9.17, 15) is 9.59 Å². The molecule has 1 atom stereocenters. The molecule has 0 bridgehead atoms. The van der Waals surface area contributed by atoms with Gasteiger partial charge in [0.05, 0.1) is 12.5 Å². The van der Waals surface area contributed by atoms with Crippen LogP contribution in [0, 0.1) is 0 Å². The number of hydrogen-bond acceptors (Lipinski definition) is 3. The minimum atomic E-state index is -0.419. The van der Waals surface area contributed by atoms with E-state index in [2.05, 4.69) is 27.7 Å². The van der Waals surface area contributed by atoms with Gasteiger partial charge in [0.15, 0.2) is 0 Å². The Kier molecular flexibility index (Phi) is 7.46. The summed E-state index contributed by atoms with van der Waals surface area (Å²) in [6.45, 7) is 2.64. The molecule has 2 amide bonds. The van der Waals surface area contributed by atoms with Gasteiger partial charge in [-0.25, -0.2) is 0 Å². The lowest BCUT2D eigenvalue weighted by Crippen LogP contribution is -2.56. The number of halogens is 1. The molecule has 0 radical (unpaired) electrons. The van der Waals surface area contributed by atoms with Crippen LogP contribution in [0.1, 0.15) is 17.5 Å². The summed E-state index contributed by atoms with van der Waals surface area (Å²) >= 11 is 6.15. The normalized spacial score (nSPS) is 17.2. The van der Waals surface area contributed by atoms with E-state index in [0.717, 1.165) is 25.1 Å². The second-order valence-electron chi connectivity index (χ2n) is 6.97. The summed E-state index contributed by atoms with van der Waals surface area (Å²) in [7, 11) is 0. The molecular weight excluding hydrogens is 374 g/mol. The van der Waals surface area contributed by atoms with Crippen molar-refractivity contribution in [1.82, 2.24) is 15.5 Å². The molecule has 0 unspecified atom stereocenters. The van der Waals surface area contributed by atoms with Gasteiger partial charge < -0.3 is 10.6 Å². The number of nitrogens with zero attached hydrogens (tertiary/aromatic N) is 1. The van der Waals surface area contributed by atoms with Gasteiger partial charge >= 0.3 is 0 Å². The fraction of sp³-hybridized carbons (Fsp3) is 0.364. The molecule has 0 aromatic heterocycles. The van der Waals surface area contributed by atoms with Crippen LogP contribution in [0.15, 0.2) is 54.6 Å². The first-order chi connectivity index (χ1) is 13.6. The Morgan fingerprint density at radius 2 is 1.86 bits per heavy atom. The molecule has 0 saturated carbocycles. The zero-order valence-corrected chi connectivity index (χ0v) is 16.6. The molecule has 2 aromatic carbocycles. The molecule has 28 heavy (non-hydrogen) atoms. The number of carbonyl (C=O) groups excluding carboxylic acids is 2. The van der Waals surface area contributed by atoms with Crippen LogP contribution in [0.2, 0.25) is 5.02 Å². The van der Waals surface area contributed by atoms with Gasteiger partial charge in [-0.15, -0.1) is 0 Å². The second-order valence-corrected chi connectivity index (χ2v) is 7.38. The molecule has 1 saturated heterocycles. The van der Waals surface area contributed by atoms with Gasteiger partial charge in [-0.05, 0) is 30.0 Å². The van der Waals surface area contributed by atoms with E-state index >= 15 is 0 Å². The fourth-order valence-corrected chi connectivity index (χ4v) is 3.68. The van der Waals surface area contributed by atoms with E-state index in [1.165, 1.54) is 5.56 Å². The van der Waals surface area contributed by atoms with E-state index in [0.29, 0.717) is 24.5 Å². The van der Waals surface area contributed by atoms with Gasteiger partial charge in [-0.1, -0.05) is 60.1 Å². The molecule has 2 aromatic rings. The molecule has 6 heteroatoms. The van der Waals surface area contributed by atoms with E-state index in [1.807, 2.05) is 42.5 Å². The van der Waals surface area contributed by atoms with Crippen molar-refractivity contribution >= 4 is 23.4 Å². The maximum Gasteiger partial charge on any atom is 0.237 e. The highest BCUT2D eigenvalue weighted by atomic mass is 35.5. The molecule has 0 spiro atoms. The highest BCUT2D eigenvalue weighted by Crippen LogP contribution is 2.15. The topological polar surface area (TPSA) is 61.4 Å². The monoisotopic (exact) mass is 399 g/mol. The van der Waals surface area contributed by atoms with Crippen molar-refractivity contribution in [1.29, 1.82) is 0 Å². The Morgan fingerprint density at radius 3 is 2.64 bits per heavy atom. The first-order valence-electron chi connectivity index (χ1n) is 9.69. The minimum absolute atomic E-state index is 0.0689. The van der Waals surface area contributed by atoms with Crippen molar-refractivity contribution < 1.29 is 9.59 Å². The molecule has 148 valence electrons. The number of amides is 2. The van der Waals surface area contributed by atoms with Gasteiger partial charge in [-0.2, -0.15) is 0 Å². The number of carbonyl (C=O) groups is 2. The largest absolute Gasteiger partial charge is 0.356 e. The molecule has 2 N–H and O–H groups in total. The molecule has 5 nitrogen and oxygen atoms in total.